The van der Waals surface area contributed by atoms with E-state index in [-0.39, 0.29) is 5.41 Å². The SMILES string of the molecule is Cc1ccc(C(C)(C)C)cc1C(CCl)CC(C)C. The number of aryl methyl sites for hydroxylation is 1. The van der Waals surface area contributed by atoms with Gasteiger partial charge in [0.05, 0.1) is 0 Å². The van der Waals surface area contributed by atoms with E-state index in [0.717, 1.165) is 6.42 Å². The fourth-order valence-corrected chi connectivity index (χ4v) is 2.68. The van der Waals surface area contributed by atoms with Crippen LogP contribution in [0.25, 0.3) is 0 Å². The maximum atomic E-state index is 6.18. The molecule has 0 saturated heterocycles. The lowest BCUT2D eigenvalue weighted by Gasteiger charge is -2.24. The molecule has 1 unspecified atom stereocenters. The van der Waals surface area contributed by atoms with Gasteiger partial charge in [-0.25, -0.2) is 0 Å². The summed E-state index contributed by atoms with van der Waals surface area (Å²) in [5.41, 5.74) is 4.42. The summed E-state index contributed by atoms with van der Waals surface area (Å²) in [5.74, 6) is 1.88. The summed E-state index contributed by atoms with van der Waals surface area (Å²) in [5, 5.41) is 0. The molecule has 0 aliphatic rings. The van der Waals surface area contributed by atoms with Crippen LogP contribution in [0.2, 0.25) is 0 Å². The highest BCUT2D eigenvalue weighted by Crippen LogP contribution is 2.32. The maximum Gasteiger partial charge on any atom is 0.0292 e. The average molecular weight is 267 g/mol. The first kappa shape index (κ1) is 15.6. The topological polar surface area (TPSA) is 0 Å². The fraction of sp³-hybridized carbons (Fsp3) is 0.647. The molecule has 0 radical (unpaired) electrons. The summed E-state index contributed by atoms with van der Waals surface area (Å²) >= 11 is 6.18. The van der Waals surface area contributed by atoms with Gasteiger partial charge >= 0.3 is 0 Å². The van der Waals surface area contributed by atoms with Gasteiger partial charge < -0.3 is 0 Å². The minimum Gasteiger partial charge on any atom is -0.126 e. The summed E-state index contributed by atoms with van der Waals surface area (Å²) in [6, 6.07) is 6.86. The van der Waals surface area contributed by atoms with Crippen molar-refractivity contribution < 1.29 is 0 Å². The van der Waals surface area contributed by atoms with Crippen LogP contribution in [-0.2, 0) is 5.41 Å². The third-order valence-electron chi connectivity index (χ3n) is 3.53. The van der Waals surface area contributed by atoms with Gasteiger partial charge in [-0.05, 0) is 47.3 Å². The summed E-state index contributed by atoms with van der Waals surface area (Å²) in [7, 11) is 0. The molecule has 0 N–H and O–H groups in total. The van der Waals surface area contributed by atoms with Gasteiger partial charge in [0.2, 0.25) is 0 Å². The molecule has 1 heteroatoms. The number of alkyl halides is 1. The van der Waals surface area contributed by atoms with Gasteiger partial charge in [0.1, 0.15) is 0 Å². The molecule has 1 aromatic carbocycles. The minimum atomic E-state index is 0.205. The molecule has 18 heavy (non-hydrogen) atoms. The van der Waals surface area contributed by atoms with E-state index in [0.29, 0.717) is 17.7 Å². The van der Waals surface area contributed by atoms with Crippen molar-refractivity contribution in [1.82, 2.24) is 0 Å². The molecule has 0 spiro atoms. The van der Waals surface area contributed by atoms with Crippen LogP contribution < -0.4 is 0 Å². The lowest BCUT2D eigenvalue weighted by atomic mass is 9.82. The van der Waals surface area contributed by atoms with Gasteiger partial charge in [-0.2, -0.15) is 0 Å². The van der Waals surface area contributed by atoms with Crippen LogP contribution in [0, 0.1) is 12.8 Å². The van der Waals surface area contributed by atoms with E-state index in [4.69, 9.17) is 11.6 Å². The largest absolute Gasteiger partial charge is 0.126 e. The number of benzene rings is 1. The van der Waals surface area contributed by atoms with Crippen molar-refractivity contribution in [3.05, 3.63) is 34.9 Å². The zero-order valence-corrected chi connectivity index (χ0v) is 13.4. The van der Waals surface area contributed by atoms with Crippen LogP contribution in [0.15, 0.2) is 18.2 Å². The van der Waals surface area contributed by atoms with Gasteiger partial charge in [-0.3, -0.25) is 0 Å². The van der Waals surface area contributed by atoms with Gasteiger partial charge in [-0.15, -0.1) is 11.6 Å². The van der Waals surface area contributed by atoms with Crippen molar-refractivity contribution >= 4 is 11.6 Å². The predicted molar refractivity (Wildman–Crippen MR) is 82.8 cm³/mol. The quantitative estimate of drug-likeness (QED) is 0.617. The second kappa shape index (κ2) is 6.10. The first-order chi connectivity index (χ1) is 8.25. The zero-order chi connectivity index (χ0) is 13.9. The van der Waals surface area contributed by atoms with Gasteiger partial charge in [0.15, 0.2) is 0 Å². The van der Waals surface area contributed by atoms with E-state index < -0.39 is 0 Å². The maximum absolute atomic E-state index is 6.18. The highest BCUT2D eigenvalue weighted by molar-refractivity contribution is 6.18. The standard InChI is InChI=1S/C17H27Cl/c1-12(2)9-14(11-18)16-10-15(17(4,5)6)8-7-13(16)3/h7-8,10,12,14H,9,11H2,1-6H3. The second-order valence-electron chi connectivity index (χ2n) is 6.80. The van der Waals surface area contributed by atoms with E-state index in [1.54, 1.807) is 0 Å². The molecule has 0 aliphatic heterocycles. The van der Waals surface area contributed by atoms with Crippen molar-refractivity contribution in [2.45, 2.75) is 59.3 Å². The number of hydrogen-bond donors (Lipinski definition) is 0. The van der Waals surface area contributed by atoms with Crippen molar-refractivity contribution in [2.75, 3.05) is 5.88 Å². The van der Waals surface area contributed by atoms with E-state index in [9.17, 15) is 0 Å². The van der Waals surface area contributed by atoms with E-state index in [1.165, 1.54) is 16.7 Å². The Labute approximate surface area is 118 Å². The molecule has 0 saturated carbocycles. The Morgan fingerprint density at radius 1 is 1.17 bits per heavy atom. The molecule has 0 nitrogen and oxygen atoms in total. The highest BCUT2D eigenvalue weighted by atomic mass is 35.5. The molecule has 1 rings (SSSR count). The molecule has 0 fully saturated rings. The Bertz CT molecular complexity index is 385. The summed E-state index contributed by atoms with van der Waals surface area (Å²) in [6.45, 7) is 13.5. The van der Waals surface area contributed by atoms with E-state index in [2.05, 4.69) is 59.7 Å². The molecule has 1 atom stereocenters. The van der Waals surface area contributed by atoms with Gasteiger partial charge in [0.25, 0.3) is 0 Å². The van der Waals surface area contributed by atoms with Crippen LogP contribution in [0.4, 0.5) is 0 Å². The van der Waals surface area contributed by atoms with Crippen molar-refractivity contribution in [2.24, 2.45) is 5.92 Å². The molecule has 0 amide bonds. The monoisotopic (exact) mass is 266 g/mol. The number of rotatable bonds is 4. The zero-order valence-electron chi connectivity index (χ0n) is 12.7. The van der Waals surface area contributed by atoms with Gasteiger partial charge in [-0.1, -0.05) is 52.8 Å². The lowest BCUT2D eigenvalue weighted by molar-refractivity contribution is 0.523. The Hall–Kier alpha value is -0.490. The molecule has 0 aliphatic carbocycles. The molecule has 0 bridgehead atoms. The Kier molecular flexibility index (Phi) is 5.28. The average Bonchev–Trinajstić information content (AvgIpc) is 2.25. The Balaban J connectivity index is 3.13. The normalized spacial score (nSPS) is 14.0. The molecule has 102 valence electrons. The van der Waals surface area contributed by atoms with Crippen LogP contribution in [-0.4, -0.2) is 5.88 Å². The van der Waals surface area contributed by atoms with Crippen molar-refractivity contribution in [3.63, 3.8) is 0 Å². The second-order valence-corrected chi connectivity index (χ2v) is 7.11. The molecular formula is C17H27Cl. The Morgan fingerprint density at radius 3 is 2.22 bits per heavy atom. The van der Waals surface area contributed by atoms with Crippen LogP contribution >= 0.6 is 11.6 Å². The summed E-state index contributed by atoms with van der Waals surface area (Å²) in [6.07, 6.45) is 1.16. The first-order valence-electron chi connectivity index (χ1n) is 6.92. The highest BCUT2D eigenvalue weighted by Gasteiger charge is 2.19. The summed E-state index contributed by atoms with van der Waals surface area (Å²) in [4.78, 5) is 0. The predicted octanol–water partition coefficient (Wildman–Crippen LogP) is 5.66. The van der Waals surface area contributed by atoms with Crippen molar-refractivity contribution in [1.29, 1.82) is 0 Å². The number of halogens is 1. The van der Waals surface area contributed by atoms with E-state index in [1.807, 2.05) is 0 Å². The third-order valence-corrected chi connectivity index (χ3v) is 3.90. The summed E-state index contributed by atoms with van der Waals surface area (Å²) < 4.78 is 0. The Morgan fingerprint density at radius 2 is 1.78 bits per heavy atom. The molecule has 0 heterocycles. The third kappa shape index (κ3) is 4.02. The van der Waals surface area contributed by atoms with Crippen LogP contribution in [0.5, 0.6) is 0 Å². The van der Waals surface area contributed by atoms with Crippen LogP contribution in [0.1, 0.15) is 63.6 Å². The van der Waals surface area contributed by atoms with Crippen LogP contribution in [0.3, 0.4) is 0 Å². The van der Waals surface area contributed by atoms with Gasteiger partial charge in [0, 0.05) is 5.88 Å². The molecular weight excluding hydrogens is 240 g/mol. The lowest BCUT2D eigenvalue weighted by Crippen LogP contribution is -2.14. The molecule has 0 aromatic heterocycles. The minimum absolute atomic E-state index is 0.205. The van der Waals surface area contributed by atoms with Crippen molar-refractivity contribution in [3.8, 4) is 0 Å². The number of hydrogen-bond acceptors (Lipinski definition) is 0. The molecule has 1 aromatic rings. The first-order valence-corrected chi connectivity index (χ1v) is 7.46. The van der Waals surface area contributed by atoms with E-state index >= 15 is 0 Å². The fourth-order valence-electron chi connectivity index (χ4n) is 2.39. The smallest absolute Gasteiger partial charge is 0.0292 e.